The van der Waals surface area contributed by atoms with Gasteiger partial charge in [0.05, 0.1) is 5.92 Å². The Kier molecular flexibility index (Phi) is 5.02. The molecular formula is C20H19NO5. The van der Waals surface area contributed by atoms with Crippen LogP contribution in [0.5, 0.6) is 5.75 Å². The molecule has 6 nitrogen and oxygen atoms in total. The molecular weight excluding hydrogens is 334 g/mol. The van der Waals surface area contributed by atoms with Crippen molar-refractivity contribution in [2.24, 2.45) is 0 Å². The summed E-state index contributed by atoms with van der Waals surface area (Å²) in [5.41, 5.74) is 2.80. The lowest BCUT2D eigenvalue weighted by Crippen LogP contribution is -2.19. The number of para-hydroxylation sites is 1. The Balaban J connectivity index is 1.54. The second kappa shape index (κ2) is 7.39. The molecule has 0 saturated carbocycles. The van der Waals surface area contributed by atoms with Crippen LogP contribution in [0.3, 0.4) is 0 Å². The number of esters is 1. The van der Waals surface area contributed by atoms with Gasteiger partial charge in [-0.05, 0) is 49.2 Å². The molecule has 0 aromatic heterocycles. The molecule has 0 radical (unpaired) electrons. The van der Waals surface area contributed by atoms with Gasteiger partial charge < -0.3 is 14.8 Å². The van der Waals surface area contributed by atoms with Crippen LogP contribution in [0.1, 0.15) is 34.3 Å². The maximum absolute atomic E-state index is 12.2. The minimum atomic E-state index is -0.618. The highest BCUT2D eigenvalue weighted by Crippen LogP contribution is 2.32. The molecule has 6 heteroatoms. The second-order valence-electron chi connectivity index (χ2n) is 6.15. The number of nitrogens with one attached hydrogen (secondary N) is 1. The minimum Gasteiger partial charge on any atom is -0.482 e. The molecule has 1 heterocycles. The first kappa shape index (κ1) is 17.7. The van der Waals surface area contributed by atoms with Gasteiger partial charge in [-0.15, -0.1) is 0 Å². The Bertz CT molecular complexity index is 874. The summed E-state index contributed by atoms with van der Waals surface area (Å²) in [5.74, 6) is -0.746. The number of anilines is 1. The van der Waals surface area contributed by atoms with Gasteiger partial charge in [0.15, 0.2) is 19.0 Å². The molecule has 2 aromatic rings. The summed E-state index contributed by atoms with van der Waals surface area (Å²) in [6.07, 6.45) is 0. The highest BCUT2D eigenvalue weighted by atomic mass is 16.6. The molecule has 0 aliphatic carbocycles. The normalized spacial score (nSPS) is 15.2. The number of carbonyl (C=O) groups is 3. The maximum Gasteiger partial charge on any atom is 0.344 e. The number of carbonyl (C=O) groups excluding carboxylic acids is 3. The van der Waals surface area contributed by atoms with Crippen molar-refractivity contribution in [3.05, 3.63) is 59.2 Å². The van der Waals surface area contributed by atoms with E-state index in [9.17, 15) is 14.4 Å². The third-order valence-corrected chi connectivity index (χ3v) is 4.29. The van der Waals surface area contributed by atoms with Crippen LogP contribution in [0.15, 0.2) is 42.5 Å². The highest BCUT2D eigenvalue weighted by Gasteiger charge is 2.27. The predicted octanol–water partition coefficient (Wildman–Crippen LogP) is 2.86. The molecule has 26 heavy (non-hydrogen) atoms. The van der Waals surface area contributed by atoms with Crippen molar-refractivity contribution in [1.82, 2.24) is 0 Å². The van der Waals surface area contributed by atoms with Crippen LogP contribution in [-0.4, -0.2) is 30.9 Å². The van der Waals surface area contributed by atoms with E-state index < -0.39 is 5.97 Å². The number of ketones is 1. The molecule has 1 atom stereocenters. The number of hydrogen-bond donors (Lipinski definition) is 1. The number of hydrogen-bond acceptors (Lipinski definition) is 5. The summed E-state index contributed by atoms with van der Waals surface area (Å²) < 4.78 is 10.4. The summed E-state index contributed by atoms with van der Waals surface area (Å²) in [5, 5.41) is 2.75. The Hall–Kier alpha value is -3.15. The van der Waals surface area contributed by atoms with Crippen molar-refractivity contribution in [3.63, 3.8) is 0 Å². The number of amides is 1. The van der Waals surface area contributed by atoms with E-state index in [2.05, 4.69) is 5.32 Å². The average Bonchev–Trinajstić information content (AvgIpc) is 2.92. The van der Waals surface area contributed by atoms with Gasteiger partial charge in [-0.1, -0.05) is 18.2 Å². The van der Waals surface area contributed by atoms with Crippen molar-refractivity contribution >= 4 is 23.3 Å². The fourth-order valence-corrected chi connectivity index (χ4v) is 2.72. The Labute approximate surface area is 151 Å². The molecule has 0 spiro atoms. The quantitative estimate of drug-likeness (QED) is 0.638. The van der Waals surface area contributed by atoms with Crippen molar-refractivity contribution in [2.45, 2.75) is 19.8 Å². The van der Waals surface area contributed by atoms with E-state index >= 15 is 0 Å². The van der Waals surface area contributed by atoms with Crippen LogP contribution >= 0.6 is 0 Å². The van der Waals surface area contributed by atoms with Gasteiger partial charge in [0.25, 0.3) is 0 Å². The van der Waals surface area contributed by atoms with Crippen LogP contribution in [0.25, 0.3) is 0 Å². The standard InChI is InChI=1S/C20H19NO5/c1-12-5-3-4-6-18(12)25-11-19(23)26-10-17(22)14-7-8-16-15(9-14)13(2)20(24)21-16/h3-9,13H,10-11H2,1-2H3,(H,21,24)/t13-/m0/s1. The first-order valence-corrected chi connectivity index (χ1v) is 8.28. The Morgan fingerprint density at radius 1 is 1.12 bits per heavy atom. The van der Waals surface area contributed by atoms with E-state index in [-0.39, 0.29) is 30.8 Å². The van der Waals surface area contributed by atoms with E-state index in [1.165, 1.54) is 0 Å². The van der Waals surface area contributed by atoms with E-state index in [0.717, 1.165) is 11.1 Å². The van der Waals surface area contributed by atoms with E-state index in [4.69, 9.17) is 9.47 Å². The van der Waals surface area contributed by atoms with Crippen LogP contribution in [0.2, 0.25) is 0 Å². The molecule has 0 unspecified atom stereocenters. The van der Waals surface area contributed by atoms with Crippen LogP contribution in [-0.2, 0) is 14.3 Å². The van der Waals surface area contributed by atoms with Crippen molar-refractivity contribution in [1.29, 1.82) is 0 Å². The third kappa shape index (κ3) is 3.74. The zero-order valence-corrected chi connectivity index (χ0v) is 14.6. The number of aryl methyl sites for hydroxylation is 1. The smallest absolute Gasteiger partial charge is 0.344 e. The molecule has 1 aliphatic heterocycles. The fraction of sp³-hybridized carbons (Fsp3) is 0.250. The highest BCUT2D eigenvalue weighted by molar-refractivity contribution is 6.05. The van der Waals surface area contributed by atoms with Crippen LogP contribution in [0, 0.1) is 6.92 Å². The summed E-state index contributed by atoms with van der Waals surface area (Å²) in [7, 11) is 0. The zero-order valence-electron chi connectivity index (χ0n) is 14.6. The first-order chi connectivity index (χ1) is 12.5. The van der Waals surface area contributed by atoms with Gasteiger partial charge in [0.1, 0.15) is 5.75 Å². The average molecular weight is 353 g/mol. The number of benzene rings is 2. The number of Topliss-reactive ketones (excluding diaryl/α,β-unsaturated/α-hetero) is 1. The molecule has 1 amide bonds. The van der Waals surface area contributed by atoms with E-state index in [0.29, 0.717) is 17.0 Å². The van der Waals surface area contributed by atoms with Crippen LogP contribution in [0.4, 0.5) is 5.69 Å². The van der Waals surface area contributed by atoms with Crippen molar-refractivity contribution < 1.29 is 23.9 Å². The van der Waals surface area contributed by atoms with Crippen LogP contribution < -0.4 is 10.1 Å². The molecule has 0 saturated heterocycles. The van der Waals surface area contributed by atoms with E-state index in [1.54, 1.807) is 31.2 Å². The van der Waals surface area contributed by atoms with Gasteiger partial charge in [-0.3, -0.25) is 9.59 Å². The van der Waals surface area contributed by atoms with Crippen molar-refractivity contribution in [2.75, 3.05) is 18.5 Å². The SMILES string of the molecule is Cc1ccccc1OCC(=O)OCC(=O)c1ccc2c(c1)[C@H](C)C(=O)N2. The van der Waals surface area contributed by atoms with Gasteiger partial charge in [-0.2, -0.15) is 0 Å². The Morgan fingerprint density at radius 3 is 2.65 bits per heavy atom. The van der Waals surface area contributed by atoms with Crippen molar-refractivity contribution in [3.8, 4) is 5.75 Å². The minimum absolute atomic E-state index is 0.0932. The lowest BCUT2D eigenvalue weighted by atomic mass is 9.99. The first-order valence-electron chi connectivity index (χ1n) is 8.28. The predicted molar refractivity (Wildman–Crippen MR) is 95.5 cm³/mol. The number of ether oxygens (including phenoxy) is 2. The largest absolute Gasteiger partial charge is 0.482 e. The maximum atomic E-state index is 12.2. The molecule has 2 aromatic carbocycles. The molecule has 1 N–H and O–H groups in total. The molecule has 0 fully saturated rings. The number of fused-ring (bicyclic) bond motifs is 1. The number of rotatable bonds is 6. The molecule has 134 valence electrons. The van der Waals surface area contributed by atoms with E-state index in [1.807, 2.05) is 25.1 Å². The van der Waals surface area contributed by atoms with Gasteiger partial charge in [0.2, 0.25) is 5.91 Å². The lowest BCUT2D eigenvalue weighted by molar-refractivity contribution is -0.144. The second-order valence-corrected chi connectivity index (χ2v) is 6.15. The van der Waals surface area contributed by atoms with Gasteiger partial charge >= 0.3 is 5.97 Å². The third-order valence-electron chi connectivity index (χ3n) is 4.29. The topological polar surface area (TPSA) is 81.7 Å². The summed E-state index contributed by atoms with van der Waals surface area (Å²) in [6, 6.07) is 12.3. The summed E-state index contributed by atoms with van der Waals surface area (Å²) in [6.45, 7) is 3.01. The van der Waals surface area contributed by atoms with Gasteiger partial charge in [-0.25, -0.2) is 4.79 Å². The Morgan fingerprint density at radius 2 is 1.88 bits per heavy atom. The molecule has 3 rings (SSSR count). The molecule has 1 aliphatic rings. The summed E-state index contributed by atoms with van der Waals surface area (Å²) >= 11 is 0. The fourth-order valence-electron chi connectivity index (χ4n) is 2.72. The molecule has 0 bridgehead atoms. The summed E-state index contributed by atoms with van der Waals surface area (Å²) in [4.78, 5) is 35.7. The lowest BCUT2D eigenvalue weighted by Gasteiger charge is -2.09. The van der Waals surface area contributed by atoms with Gasteiger partial charge in [0, 0.05) is 11.3 Å². The monoisotopic (exact) mass is 353 g/mol. The zero-order chi connectivity index (χ0) is 18.7.